The molecular formula is C25H32N6. The molecule has 31 heavy (non-hydrogen) atoms. The first kappa shape index (κ1) is 20.2. The van der Waals surface area contributed by atoms with Gasteiger partial charge in [0.2, 0.25) is 5.95 Å². The Bertz CT molecular complexity index is 984. The molecule has 1 N–H and O–H groups in total. The molecule has 0 bridgehead atoms. The number of rotatable bonds is 5. The molecule has 0 saturated carbocycles. The molecule has 1 aromatic carbocycles. The summed E-state index contributed by atoms with van der Waals surface area (Å²) < 4.78 is 0. The molecule has 0 spiro atoms. The lowest BCUT2D eigenvalue weighted by Crippen LogP contribution is -2.42. The molecule has 2 aliphatic rings. The van der Waals surface area contributed by atoms with Crippen LogP contribution in [0.5, 0.6) is 0 Å². The lowest BCUT2D eigenvalue weighted by molar-refractivity contribution is 0.206. The molecular weight excluding hydrogens is 384 g/mol. The minimum Gasteiger partial charge on any atom is -0.356 e. The van der Waals surface area contributed by atoms with Gasteiger partial charge in [-0.05, 0) is 56.5 Å². The fourth-order valence-electron chi connectivity index (χ4n) is 4.87. The van der Waals surface area contributed by atoms with E-state index < -0.39 is 0 Å². The lowest BCUT2D eigenvalue weighted by Gasteiger charge is -2.33. The maximum Gasteiger partial charge on any atom is 0.225 e. The van der Waals surface area contributed by atoms with Crippen LogP contribution in [0.3, 0.4) is 0 Å². The smallest absolute Gasteiger partial charge is 0.225 e. The Morgan fingerprint density at radius 1 is 0.871 bits per heavy atom. The van der Waals surface area contributed by atoms with Gasteiger partial charge in [-0.3, -0.25) is 9.88 Å². The first-order valence-corrected chi connectivity index (χ1v) is 11.8. The number of anilines is 2. The van der Waals surface area contributed by atoms with Crippen LogP contribution in [-0.2, 0) is 6.54 Å². The summed E-state index contributed by atoms with van der Waals surface area (Å²) in [4.78, 5) is 19.4. The molecule has 0 aliphatic carbocycles. The van der Waals surface area contributed by atoms with E-state index in [0.29, 0.717) is 6.04 Å². The molecule has 2 aliphatic heterocycles. The summed E-state index contributed by atoms with van der Waals surface area (Å²) in [6, 6.07) is 14.9. The van der Waals surface area contributed by atoms with Crippen LogP contribution in [0, 0.1) is 0 Å². The second-order valence-electron chi connectivity index (χ2n) is 8.83. The minimum absolute atomic E-state index is 0.357. The van der Waals surface area contributed by atoms with Gasteiger partial charge < -0.3 is 10.2 Å². The van der Waals surface area contributed by atoms with Crippen molar-refractivity contribution in [3.8, 4) is 0 Å². The predicted molar refractivity (Wildman–Crippen MR) is 126 cm³/mol. The van der Waals surface area contributed by atoms with Gasteiger partial charge in [0.25, 0.3) is 0 Å². The number of pyridine rings is 1. The van der Waals surface area contributed by atoms with Crippen molar-refractivity contribution in [1.29, 1.82) is 0 Å². The molecule has 2 aromatic heterocycles. The van der Waals surface area contributed by atoms with Crippen LogP contribution in [0.1, 0.15) is 44.2 Å². The first-order chi connectivity index (χ1) is 15.3. The number of para-hydroxylation sites is 1. The number of piperidine rings is 1. The third kappa shape index (κ3) is 4.96. The Morgan fingerprint density at radius 2 is 1.71 bits per heavy atom. The van der Waals surface area contributed by atoms with Gasteiger partial charge in [-0.15, -0.1) is 0 Å². The number of hydrogen-bond donors (Lipinski definition) is 1. The van der Waals surface area contributed by atoms with E-state index >= 15 is 0 Å². The van der Waals surface area contributed by atoms with Crippen LogP contribution >= 0.6 is 0 Å². The maximum atomic E-state index is 5.04. The summed E-state index contributed by atoms with van der Waals surface area (Å²) in [6.45, 7) is 5.18. The maximum absolute atomic E-state index is 5.04. The number of nitrogens with zero attached hydrogens (tertiary/aromatic N) is 5. The third-order valence-electron chi connectivity index (χ3n) is 6.44. The van der Waals surface area contributed by atoms with Gasteiger partial charge >= 0.3 is 0 Å². The molecule has 0 amide bonds. The molecule has 5 rings (SSSR count). The second-order valence-corrected chi connectivity index (χ2v) is 8.83. The number of likely N-dealkylation sites (tertiary alicyclic amines) is 1. The van der Waals surface area contributed by atoms with Crippen molar-refractivity contribution in [2.75, 3.05) is 36.4 Å². The largest absolute Gasteiger partial charge is 0.356 e. The number of nitrogens with one attached hydrogen (secondary N) is 1. The van der Waals surface area contributed by atoms with E-state index in [4.69, 9.17) is 9.97 Å². The number of aromatic nitrogens is 3. The van der Waals surface area contributed by atoms with Gasteiger partial charge in [-0.25, -0.2) is 4.98 Å². The molecule has 0 radical (unpaired) electrons. The van der Waals surface area contributed by atoms with Crippen molar-refractivity contribution >= 4 is 22.7 Å². The fourth-order valence-corrected chi connectivity index (χ4v) is 4.87. The summed E-state index contributed by atoms with van der Waals surface area (Å²) in [5.74, 6) is 1.86. The zero-order chi connectivity index (χ0) is 20.9. The highest BCUT2D eigenvalue weighted by molar-refractivity contribution is 5.90. The third-order valence-corrected chi connectivity index (χ3v) is 6.44. The normalized spacial score (nSPS) is 20.5. The molecule has 6 nitrogen and oxygen atoms in total. The highest BCUT2D eigenvalue weighted by atomic mass is 15.2. The van der Waals surface area contributed by atoms with E-state index in [9.17, 15) is 0 Å². The van der Waals surface area contributed by atoms with Crippen molar-refractivity contribution in [3.63, 3.8) is 0 Å². The van der Waals surface area contributed by atoms with Gasteiger partial charge in [0.1, 0.15) is 5.82 Å². The van der Waals surface area contributed by atoms with Crippen molar-refractivity contribution in [2.45, 2.75) is 51.1 Å². The molecule has 1 atom stereocenters. The van der Waals surface area contributed by atoms with Crippen LogP contribution in [0.4, 0.5) is 11.8 Å². The first-order valence-electron chi connectivity index (χ1n) is 11.8. The minimum atomic E-state index is 0.357. The Morgan fingerprint density at radius 3 is 2.55 bits per heavy atom. The van der Waals surface area contributed by atoms with Crippen LogP contribution in [-0.4, -0.2) is 52.1 Å². The van der Waals surface area contributed by atoms with Crippen LogP contribution in [0.15, 0.2) is 48.7 Å². The van der Waals surface area contributed by atoms with Gasteiger partial charge in [0, 0.05) is 43.8 Å². The molecule has 4 heterocycles. The highest BCUT2D eigenvalue weighted by Gasteiger charge is 2.22. The quantitative estimate of drug-likeness (QED) is 0.662. The van der Waals surface area contributed by atoms with E-state index in [1.54, 1.807) is 0 Å². The summed E-state index contributed by atoms with van der Waals surface area (Å²) in [5, 5.41) is 4.84. The summed E-state index contributed by atoms with van der Waals surface area (Å²) >= 11 is 0. The average molecular weight is 417 g/mol. The van der Waals surface area contributed by atoms with Gasteiger partial charge in [-0.2, -0.15) is 4.98 Å². The van der Waals surface area contributed by atoms with Crippen molar-refractivity contribution in [2.24, 2.45) is 0 Å². The van der Waals surface area contributed by atoms with E-state index in [1.165, 1.54) is 32.1 Å². The van der Waals surface area contributed by atoms with Crippen molar-refractivity contribution < 1.29 is 0 Å². The van der Waals surface area contributed by atoms with Crippen LogP contribution in [0.25, 0.3) is 10.9 Å². The summed E-state index contributed by atoms with van der Waals surface area (Å²) in [6.07, 6.45) is 9.32. The molecule has 2 saturated heterocycles. The van der Waals surface area contributed by atoms with Crippen molar-refractivity contribution in [3.05, 3.63) is 54.4 Å². The van der Waals surface area contributed by atoms with Crippen LogP contribution in [0.2, 0.25) is 0 Å². The predicted octanol–water partition coefficient (Wildman–Crippen LogP) is 4.48. The summed E-state index contributed by atoms with van der Waals surface area (Å²) in [5.41, 5.74) is 2.16. The van der Waals surface area contributed by atoms with E-state index in [1.807, 2.05) is 12.3 Å². The fraction of sp³-hybridized carbons (Fsp3) is 0.480. The molecule has 2 fully saturated rings. The zero-order valence-electron chi connectivity index (χ0n) is 18.2. The Labute approximate surface area is 184 Å². The van der Waals surface area contributed by atoms with Gasteiger partial charge in [-0.1, -0.05) is 31.0 Å². The molecule has 0 unspecified atom stereocenters. The number of fused-ring (bicyclic) bond motifs is 1. The highest BCUT2D eigenvalue weighted by Crippen LogP contribution is 2.28. The SMILES string of the molecule is c1ccc(CN2CCC[C@@H](Nc3nc(N4CCCCCC4)c4ccccc4n3)C2)nc1. The van der Waals surface area contributed by atoms with E-state index in [2.05, 4.69) is 56.5 Å². The molecule has 6 heteroatoms. The Balaban J connectivity index is 1.35. The van der Waals surface area contributed by atoms with Gasteiger partial charge in [0.05, 0.1) is 11.2 Å². The molecule has 3 aromatic rings. The summed E-state index contributed by atoms with van der Waals surface area (Å²) in [7, 11) is 0. The zero-order valence-corrected chi connectivity index (χ0v) is 18.2. The van der Waals surface area contributed by atoms with Gasteiger partial charge in [0.15, 0.2) is 0 Å². The Hall–Kier alpha value is -2.73. The standard InChI is InChI=1S/C25H32N6/c1-2-8-17-31(16-7-1)24-22-12-3-4-13-23(22)28-25(29-24)27-21-11-9-15-30(19-21)18-20-10-5-6-14-26-20/h3-6,10,12-14,21H,1-2,7-9,11,15-19H2,(H,27,28,29)/t21-/m1/s1. The molecule has 162 valence electrons. The van der Waals surface area contributed by atoms with Crippen molar-refractivity contribution in [1.82, 2.24) is 19.9 Å². The number of benzene rings is 1. The van der Waals surface area contributed by atoms with E-state index in [0.717, 1.165) is 67.5 Å². The topological polar surface area (TPSA) is 57.2 Å². The Kier molecular flexibility index (Phi) is 6.25. The number of hydrogen-bond acceptors (Lipinski definition) is 6. The lowest BCUT2D eigenvalue weighted by atomic mass is 10.1. The monoisotopic (exact) mass is 416 g/mol. The van der Waals surface area contributed by atoms with E-state index in [-0.39, 0.29) is 0 Å². The average Bonchev–Trinajstić information content (AvgIpc) is 3.09. The van der Waals surface area contributed by atoms with Crippen LogP contribution < -0.4 is 10.2 Å². The second kappa shape index (κ2) is 9.60.